The van der Waals surface area contributed by atoms with E-state index in [9.17, 15) is 9.59 Å². The molecule has 170 valence electrons. The van der Waals surface area contributed by atoms with E-state index >= 15 is 0 Å². The van der Waals surface area contributed by atoms with Crippen LogP contribution in [0, 0.1) is 11.3 Å². The molecule has 1 N–H and O–H groups in total. The number of carbonyl (C=O) groups is 2. The molecule has 2 aromatic rings. The third-order valence-corrected chi connectivity index (χ3v) is 7.15. The van der Waals surface area contributed by atoms with Gasteiger partial charge in [-0.2, -0.15) is 0 Å². The third kappa shape index (κ3) is 5.03. The lowest BCUT2D eigenvalue weighted by molar-refractivity contribution is -0.145. The molecule has 2 fully saturated rings. The minimum atomic E-state index is -0.574. The van der Waals surface area contributed by atoms with E-state index < -0.39 is 5.41 Å². The highest BCUT2D eigenvalue weighted by molar-refractivity contribution is 5.85. The number of benzene rings is 1. The van der Waals surface area contributed by atoms with Crippen molar-refractivity contribution in [1.82, 2.24) is 15.2 Å². The molecule has 2 amide bonds. The van der Waals surface area contributed by atoms with Gasteiger partial charge >= 0.3 is 0 Å². The standard InChI is InChI=1S/C27H35N3O2/c1-2-29-26(32)27(14-7-17-30(20-27)25(31)23-9-4-3-5-10-23)19-21-8-6-11-24(18-21)22-12-15-28-16-13-22/h6,8,11-13,15-16,18,23H,2-5,7,9-10,14,17,19-20H2,1H3,(H,29,32)/t27-/m0/s1. The molecule has 1 saturated heterocycles. The van der Waals surface area contributed by atoms with E-state index in [1.807, 2.05) is 24.0 Å². The topological polar surface area (TPSA) is 62.3 Å². The van der Waals surface area contributed by atoms with E-state index in [0.717, 1.165) is 61.8 Å². The number of carbonyl (C=O) groups excluding carboxylic acids is 2. The first-order valence-electron chi connectivity index (χ1n) is 12.2. The van der Waals surface area contributed by atoms with Gasteiger partial charge in [0.25, 0.3) is 0 Å². The van der Waals surface area contributed by atoms with Crippen molar-refractivity contribution >= 4 is 11.8 Å². The molecule has 1 aromatic carbocycles. The zero-order chi connectivity index (χ0) is 22.4. The van der Waals surface area contributed by atoms with Crippen molar-refractivity contribution in [3.63, 3.8) is 0 Å². The molecule has 0 spiro atoms. The summed E-state index contributed by atoms with van der Waals surface area (Å²) in [5.41, 5.74) is 2.81. The van der Waals surface area contributed by atoms with Gasteiger partial charge in [-0.3, -0.25) is 14.6 Å². The first-order chi connectivity index (χ1) is 15.6. The van der Waals surface area contributed by atoms with Crippen molar-refractivity contribution in [2.24, 2.45) is 11.3 Å². The number of aromatic nitrogens is 1. The highest BCUT2D eigenvalue weighted by atomic mass is 16.2. The Morgan fingerprint density at radius 2 is 1.84 bits per heavy atom. The first kappa shape index (κ1) is 22.5. The number of nitrogens with one attached hydrogen (secondary N) is 1. The third-order valence-electron chi connectivity index (χ3n) is 7.15. The maximum Gasteiger partial charge on any atom is 0.228 e. The number of piperidine rings is 1. The fourth-order valence-corrected chi connectivity index (χ4v) is 5.48. The lowest BCUT2D eigenvalue weighted by Crippen LogP contribution is -2.55. The molecular weight excluding hydrogens is 398 g/mol. The summed E-state index contributed by atoms with van der Waals surface area (Å²) < 4.78 is 0. The fraction of sp³-hybridized carbons (Fsp3) is 0.519. The highest BCUT2D eigenvalue weighted by Crippen LogP contribution is 2.37. The predicted molar refractivity (Wildman–Crippen MR) is 127 cm³/mol. The van der Waals surface area contributed by atoms with Gasteiger partial charge in [-0.25, -0.2) is 0 Å². The summed E-state index contributed by atoms with van der Waals surface area (Å²) in [6.45, 7) is 3.86. The molecule has 1 atom stereocenters. The fourth-order valence-electron chi connectivity index (χ4n) is 5.48. The monoisotopic (exact) mass is 433 g/mol. The van der Waals surface area contributed by atoms with E-state index in [4.69, 9.17) is 0 Å². The van der Waals surface area contributed by atoms with Crippen LogP contribution >= 0.6 is 0 Å². The average Bonchev–Trinajstić information content (AvgIpc) is 2.85. The smallest absolute Gasteiger partial charge is 0.228 e. The second kappa shape index (κ2) is 10.3. The Bertz CT molecular complexity index is 924. The van der Waals surface area contributed by atoms with E-state index in [1.165, 1.54) is 6.42 Å². The van der Waals surface area contributed by atoms with Gasteiger partial charge in [0.05, 0.1) is 5.41 Å². The summed E-state index contributed by atoms with van der Waals surface area (Å²) in [6.07, 6.45) is 11.5. The van der Waals surface area contributed by atoms with Crippen LogP contribution < -0.4 is 5.32 Å². The number of hydrogen-bond acceptors (Lipinski definition) is 3. The average molecular weight is 434 g/mol. The Kier molecular flexibility index (Phi) is 7.23. The normalized spacial score (nSPS) is 21.8. The summed E-state index contributed by atoms with van der Waals surface area (Å²) in [5, 5.41) is 3.08. The molecule has 5 nitrogen and oxygen atoms in total. The molecule has 1 saturated carbocycles. The molecule has 0 bridgehead atoms. The van der Waals surface area contributed by atoms with Crippen LogP contribution in [-0.2, 0) is 16.0 Å². The second-order valence-corrected chi connectivity index (χ2v) is 9.45. The highest BCUT2D eigenvalue weighted by Gasteiger charge is 2.44. The van der Waals surface area contributed by atoms with Gasteiger partial charge in [0.1, 0.15) is 0 Å². The molecule has 5 heteroatoms. The SMILES string of the molecule is CCNC(=O)[C@]1(Cc2cccc(-c3ccncc3)c2)CCCN(C(=O)C2CCCCC2)C1. The van der Waals surface area contributed by atoms with Crippen molar-refractivity contribution in [2.75, 3.05) is 19.6 Å². The lowest BCUT2D eigenvalue weighted by Gasteiger charge is -2.43. The van der Waals surface area contributed by atoms with Crippen LogP contribution in [0.4, 0.5) is 0 Å². The van der Waals surface area contributed by atoms with Crippen molar-refractivity contribution in [1.29, 1.82) is 0 Å². The van der Waals surface area contributed by atoms with E-state index in [0.29, 0.717) is 19.5 Å². The number of nitrogens with zero attached hydrogens (tertiary/aromatic N) is 2. The number of hydrogen-bond donors (Lipinski definition) is 1. The van der Waals surface area contributed by atoms with E-state index in [1.54, 1.807) is 12.4 Å². The van der Waals surface area contributed by atoms with Crippen LogP contribution in [0.1, 0.15) is 57.4 Å². The Hall–Kier alpha value is -2.69. The van der Waals surface area contributed by atoms with Crippen LogP contribution in [-0.4, -0.2) is 41.3 Å². The molecule has 32 heavy (non-hydrogen) atoms. The van der Waals surface area contributed by atoms with E-state index in [2.05, 4.69) is 34.6 Å². The molecule has 4 rings (SSSR count). The van der Waals surface area contributed by atoms with Gasteiger partial charge in [0.2, 0.25) is 11.8 Å². The number of pyridine rings is 1. The number of amides is 2. The zero-order valence-corrected chi connectivity index (χ0v) is 19.2. The summed E-state index contributed by atoms with van der Waals surface area (Å²) in [6, 6.07) is 12.4. The quantitative estimate of drug-likeness (QED) is 0.723. The Morgan fingerprint density at radius 3 is 2.59 bits per heavy atom. The van der Waals surface area contributed by atoms with Crippen molar-refractivity contribution in [3.05, 3.63) is 54.4 Å². The molecule has 2 aliphatic rings. The van der Waals surface area contributed by atoms with Crippen LogP contribution in [0.25, 0.3) is 11.1 Å². The number of likely N-dealkylation sites (tertiary alicyclic amines) is 1. The second-order valence-electron chi connectivity index (χ2n) is 9.45. The van der Waals surface area contributed by atoms with Crippen LogP contribution in [0.2, 0.25) is 0 Å². The Labute approximate surface area is 191 Å². The van der Waals surface area contributed by atoms with Gasteiger partial charge in [-0.05, 0) is 67.9 Å². The molecule has 0 unspecified atom stereocenters. The van der Waals surface area contributed by atoms with Crippen LogP contribution in [0.5, 0.6) is 0 Å². The van der Waals surface area contributed by atoms with Crippen LogP contribution in [0.15, 0.2) is 48.8 Å². The summed E-state index contributed by atoms with van der Waals surface area (Å²) >= 11 is 0. The van der Waals surface area contributed by atoms with Gasteiger partial charge in [-0.15, -0.1) is 0 Å². The largest absolute Gasteiger partial charge is 0.356 e. The maximum absolute atomic E-state index is 13.4. The lowest BCUT2D eigenvalue weighted by atomic mass is 9.73. The van der Waals surface area contributed by atoms with Gasteiger partial charge in [0, 0.05) is 37.9 Å². The summed E-state index contributed by atoms with van der Waals surface area (Å²) in [7, 11) is 0. The Morgan fingerprint density at radius 1 is 1.06 bits per heavy atom. The van der Waals surface area contributed by atoms with Gasteiger partial charge in [-0.1, -0.05) is 43.5 Å². The minimum absolute atomic E-state index is 0.0791. The molecule has 0 radical (unpaired) electrons. The van der Waals surface area contributed by atoms with Crippen LogP contribution in [0.3, 0.4) is 0 Å². The number of rotatable bonds is 6. The Balaban J connectivity index is 1.58. The van der Waals surface area contributed by atoms with Crippen molar-refractivity contribution in [3.8, 4) is 11.1 Å². The predicted octanol–water partition coefficient (Wildman–Crippen LogP) is 4.62. The first-order valence-corrected chi connectivity index (χ1v) is 12.2. The molecule has 1 aliphatic carbocycles. The van der Waals surface area contributed by atoms with Gasteiger partial charge < -0.3 is 10.2 Å². The summed E-state index contributed by atoms with van der Waals surface area (Å²) in [4.78, 5) is 32.8. The molecule has 1 aromatic heterocycles. The summed E-state index contributed by atoms with van der Waals surface area (Å²) in [5.74, 6) is 0.489. The van der Waals surface area contributed by atoms with Crippen molar-refractivity contribution < 1.29 is 9.59 Å². The minimum Gasteiger partial charge on any atom is -0.356 e. The molecule has 2 heterocycles. The van der Waals surface area contributed by atoms with Crippen molar-refractivity contribution in [2.45, 2.75) is 58.3 Å². The van der Waals surface area contributed by atoms with Gasteiger partial charge in [0.15, 0.2) is 0 Å². The molecule has 1 aliphatic heterocycles. The molecular formula is C27H35N3O2. The zero-order valence-electron chi connectivity index (χ0n) is 19.2. The maximum atomic E-state index is 13.4. The van der Waals surface area contributed by atoms with E-state index in [-0.39, 0.29) is 17.7 Å².